The average molecular weight is 379 g/mol. The van der Waals surface area contributed by atoms with Gasteiger partial charge in [0.25, 0.3) is 0 Å². The highest BCUT2D eigenvalue weighted by molar-refractivity contribution is 6.30. The van der Waals surface area contributed by atoms with Crippen LogP contribution in [0.25, 0.3) is 0 Å². The molecule has 3 nitrogen and oxygen atoms in total. The number of rotatable bonds is 6. The van der Waals surface area contributed by atoms with Crippen molar-refractivity contribution in [2.45, 2.75) is 19.4 Å². The van der Waals surface area contributed by atoms with Crippen LogP contribution in [0.15, 0.2) is 78.9 Å². The second kappa shape index (κ2) is 8.65. The first-order valence-electron chi connectivity index (χ1n) is 8.62. The largest absolute Gasteiger partial charge is 0.449 e. The molecule has 0 spiro atoms. The first-order chi connectivity index (χ1) is 13.0. The molecule has 0 aliphatic carbocycles. The Morgan fingerprint density at radius 1 is 0.889 bits per heavy atom. The highest BCUT2D eigenvalue weighted by Crippen LogP contribution is 2.24. The Morgan fingerprint density at radius 2 is 1.52 bits per heavy atom. The number of ether oxygens (including phenoxy) is 1. The minimum Gasteiger partial charge on any atom is -0.449 e. The van der Waals surface area contributed by atoms with Gasteiger partial charge in [0.1, 0.15) is 0 Å². The molecule has 0 bridgehead atoms. The smallest absolute Gasteiger partial charge is 0.311 e. The highest BCUT2D eigenvalue weighted by atomic mass is 35.5. The fraction of sp³-hybridized carbons (Fsp3) is 0.130. The summed E-state index contributed by atoms with van der Waals surface area (Å²) in [5.74, 6) is -0.711. The molecule has 136 valence electrons. The molecule has 3 aromatic rings. The number of benzene rings is 3. The van der Waals surface area contributed by atoms with Gasteiger partial charge in [-0.3, -0.25) is 9.59 Å². The summed E-state index contributed by atoms with van der Waals surface area (Å²) in [6.45, 7) is 1.95. The number of hydrogen-bond acceptors (Lipinski definition) is 3. The third kappa shape index (κ3) is 5.05. The molecule has 3 rings (SSSR count). The molecule has 0 aromatic heterocycles. The number of hydrogen-bond donors (Lipinski definition) is 0. The maximum absolute atomic E-state index is 13.0. The summed E-state index contributed by atoms with van der Waals surface area (Å²) < 4.78 is 5.60. The van der Waals surface area contributed by atoms with E-state index in [1.165, 1.54) is 0 Å². The standard InChI is InChI=1S/C23H19ClO3/c1-16-7-11-18(12-8-16)22(26)23(19-5-3-2-4-6-19)27-21(25)15-17-9-13-20(24)14-10-17/h2-14,23H,15H2,1H3. The number of halogens is 1. The van der Waals surface area contributed by atoms with Crippen LogP contribution >= 0.6 is 11.6 Å². The van der Waals surface area contributed by atoms with Crippen LogP contribution in [-0.2, 0) is 16.0 Å². The van der Waals surface area contributed by atoms with Gasteiger partial charge in [-0.25, -0.2) is 0 Å². The lowest BCUT2D eigenvalue weighted by Gasteiger charge is -2.17. The second-order valence-electron chi connectivity index (χ2n) is 6.31. The van der Waals surface area contributed by atoms with E-state index in [4.69, 9.17) is 16.3 Å². The fourth-order valence-electron chi connectivity index (χ4n) is 2.71. The Balaban J connectivity index is 1.81. The minimum absolute atomic E-state index is 0.0711. The number of carbonyl (C=O) groups is 2. The Bertz CT molecular complexity index is 916. The molecule has 4 heteroatoms. The quantitative estimate of drug-likeness (QED) is 0.428. The zero-order chi connectivity index (χ0) is 19.2. The zero-order valence-electron chi connectivity index (χ0n) is 14.9. The second-order valence-corrected chi connectivity index (χ2v) is 6.75. The van der Waals surface area contributed by atoms with Crippen LogP contribution in [-0.4, -0.2) is 11.8 Å². The lowest BCUT2D eigenvalue weighted by Crippen LogP contribution is -2.21. The molecule has 0 saturated heterocycles. The number of Topliss-reactive ketones (excluding diaryl/α,β-unsaturated/α-hetero) is 1. The fourth-order valence-corrected chi connectivity index (χ4v) is 2.84. The molecular formula is C23H19ClO3. The van der Waals surface area contributed by atoms with Gasteiger partial charge in [0.15, 0.2) is 6.10 Å². The van der Waals surface area contributed by atoms with Gasteiger partial charge in [0, 0.05) is 16.1 Å². The molecule has 27 heavy (non-hydrogen) atoms. The third-order valence-electron chi connectivity index (χ3n) is 4.19. The summed E-state index contributed by atoms with van der Waals surface area (Å²) in [7, 11) is 0. The maximum Gasteiger partial charge on any atom is 0.311 e. The minimum atomic E-state index is -0.978. The SMILES string of the molecule is Cc1ccc(C(=O)C(OC(=O)Cc2ccc(Cl)cc2)c2ccccc2)cc1. The molecule has 1 unspecified atom stereocenters. The monoisotopic (exact) mass is 378 g/mol. The predicted molar refractivity (Wildman–Crippen MR) is 106 cm³/mol. The first-order valence-corrected chi connectivity index (χ1v) is 9.00. The summed E-state index contributed by atoms with van der Waals surface area (Å²) in [4.78, 5) is 25.5. The van der Waals surface area contributed by atoms with Crippen molar-refractivity contribution in [3.05, 3.63) is 106 Å². The van der Waals surface area contributed by atoms with Crippen molar-refractivity contribution in [3.8, 4) is 0 Å². The molecule has 0 amide bonds. The Labute approximate surface area is 163 Å². The van der Waals surface area contributed by atoms with E-state index >= 15 is 0 Å². The van der Waals surface area contributed by atoms with Crippen LogP contribution in [0.4, 0.5) is 0 Å². The van der Waals surface area contributed by atoms with E-state index in [0.29, 0.717) is 16.1 Å². The summed E-state index contributed by atoms with van der Waals surface area (Å²) in [6, 6.07) is 23.3. The van der Waals surface area contributed by atoms with Gasteiger partial charge in [0.2, 0.25) is 5.78 Å². The Morgan fingerprint density at radius 3 is 2.15 bits per heavy atom. The van der Waals surface area contributed by atoms with E-state index < -0.39 is 12.1 Å². The molecule has 1 atom stereocenters. The Hall–Kier alpha value is -2.91. The van der Waals surface area contributed by atoms with Crippen molar-refractivity contribution >= 4 is 23.4 Å². The van der Waals surface area contributed by atoms with E-state index in [2.05, 4.69) is 0 Å². The third-order valence-corrected chi connectivity index (χ3v) is 4.44. The molecule has 0 N–H and O–H groups in total. The molecular weight excluding hydrogens is 360 g/mol. The van der Waals surface area contributed by atoms with Gasteiger partial charge in [-0.1, -0.05) is 83.9 Å². The number of aryl methyl sites for hydroxylation is 1. The topological polar surface area (TPSA) is 43.4 Å². The van der Waals surface area contributed by atoms with E-state index in [9.17, 15) is 9.59 Å². The van der Waals surface area contributed by atoms with Crippen LogP contribution in [0, 0.1) is 6.92 Å². The molecule has 3 aromatic carbocycles. The van der Waals surface area contributed by atoms with Gasteiger partial charge >= 0.3 is 5.97 Å². The highest BCUT2D eigenvalue weighted by Gasteiger charge is 2.26. The van der Waals surface area contributed by atoms with Gasteiger partial charge in [0.05, 0.1) is 6.42 Å². The van der Waals surface area contributed by atoms with Crippen molar-refractivity contribution in [2.75, 3.05) is 0 Å². The predicted octanol–water partition coefficient (Wildman–Crippen LogP) is 5.36. The van der Waals surface area contributed by atoms with Gasteiger partial charge < -0.3 is 4.74 Å². The van der Waals surface area contributed by atoms with Crippen molar-refractivity contribution < 1.29 is 14.3 Å². The molecule has 0 fully saturated rings. The van der Waals surface area contributed by atoms with E-state index in [-0.39, 0.29) is 12.2 Å². The van der Waals surface area contributed by atoms with Gasteiger partial charge in [-0.05, 0) is 24.6 Å². The summed E-state index contributed by atoms with van der Waals surface area (Å²) >= 11 is 5.87. The van der Waals surface area contributed by atoms with Crippen molar-refractivity contribution in [1.82, 2.24) is 0 Å². The van der Waals surface area contributed by atoms with Crippen LogP contribution < -0.4 is 0 Å². The summed E-state index contributed by atoms with van der Waals surface area (Å²) in [5.41, 5.74) is 2.99. The van der Waals surface area contributed by atoms with Crippen LogP contribution in [0.5, 0.6) is 0 Å². The molecule has 0 aliphatic rings. The summed E-state index contributed by atoms with van der Waals surface area (Å²) in [5, 5.41) is 0.601. The molecule has 0 heterocycles. The van der Waals surface area contributed by atoms with Crippen LogP contribution in [0.2, 0.25) is 5.02 Å². The van der Waals surface area contributed by atoms with E-state index in [1.54, 1.807) is 48.5 Å². The molecule has 0 aliphatic heterocycles. The number of carbonyl (C=O) groups excluding carboxylic acids is 2. The lowest BCUT2D eigenvalue weighted by molar-refractivity contribution is -0.146. The molecule has 0 saturated carbocycles. The average Bonchev–Trinajstić information content (AvgIpc) is 2.69. The first kappa shape index (κ1) is 18.9. The number of esters is 1. The lowest BCUT2D eigenvalue weighted by atomic mass is 9.99. The van der Waals surface area contributed by atoms with E-state index in [0.717, 1.165) is 11.1 Å². The molecule has 0 radical (unpaired) electrons. The zero-order valence-corrected chi connectivity index (χ0v) is 15.6. The number of ketones is 1. The maximum atomic E-state index is 13.0. The van der Waals surface area contributed by atoms with Gasteiger partial charge in [-0.2, -0.15) is 0 Å². The van der Waals surface area contributed by atoms with Crippen molar-refractivity contribution in [3.63, 3.8) is 0 Å². The van der Waals surface area contributed by atoms with Crippen molar-refractivity contribution in [1.29, 1.82) is 0 Å². The van der Waals surface area contributed by atoms with Gasteiger partial charge in [-0.15, -0.1) is 0 Å². The Kier molecular flexibility index (Phi) is 6.05. The van der Waals surface area contributed by atoms with Crippen molar-refractivity contribution in [2.24, 2.45) is 0 Å². The van der Waals surface area contributed by atoms with E-state index in [1.807, 2.05) is 37.3 Å². The van der Waals surface area contributed by atoms with Crippen LogP contribution in [0.3, 0.4) is 0 Å². The normalized spacial score (nSPS) is 11.6. The summed E-state index contributed by atoms with van der Waals surface area (Å²) in [6.07, 6.45) is -0.907. The van der Waals surface area contributed by atoms with Crippen LogP contribution in [0.1, 0.15) is 33.2 Å².